The molecule has 0 atom stereocenters. The van der Waals surface area contributed by atoms with E-state index < -0.39 is 30.9 Å². The molecule has 0 bridgehead atoms. The Kier molecular flexibility index (Phi) is 6.47. The van der Waals surface area contributed by atoms with Gasteiger partial charge in [-0.15, -0.1) is 0 Å². The van der Waals surface area contributed by atoms with Gasteiger partial charge in [-0.1, -0.05) is 12.1 Å². The second-order valence-corrected chi connectivity index (χ2v) is 8.07. The van der Waals surface area contributed by atoms with Gasteiger partial charge in [0.1, 0.15) is 5.82 Å². The molecular weight excluding hydrogens is 359 g/mol. The molecule has 1 aliphatic heterocycles. The fourth-order valence-electron chi connectivity index (χ4n) is 2.99. The van der Waals surface area contributed by atoms with E-state index in [9.17, 15) is 17.6 Å². The summed E-state index contributed by atoms with van der Waals surface area (Å²) in [5, 5.41) is 0. The van der Waals surface area contributed by atoms with Crippen molar-refractivity contribution in [1.82, 2.24) is 0 Å². The van der Waals surface area contributed by atoms with Crippen LogP contribution in [0.5, 0.6) is 0 Å². The molecule has 1 aromatic rings. The highest BCUT2D eigenvalue weighted by Crippen LogP contribution is 2.41. The van der Waals surface area contributed by atoms with E-state index in [0.29, 0.717) is 12.8 Å². The Labute approximate surface area is 159 Å². The molecule has 1 heterocycles. The monoisotopic (exact) mass is 386 g/mol. The fourth-order valence-corrected chi connectivity index (χ4v) is 2.99. The second-order valence-electron chi connectivity index (χ2n) is 8.07. The summed E-state index contributed by atoms with van der Waals surface area (Å²) in [6.07, 6.45) is -4.11. The number of alkyl halides is 3. The van der Waals surface area contributed by atoms with Crippen molar-refractivity contribution in [3.63, 3.8) is 0 Å². The van der Waals surface area contributed by atoms with Crippen molar-refractivity contribution in [2.24, 2.45) is 0 Å². The second kappa shape index (κ2) is 7.96. The van der Waals surface area contributed by atoms with Crippen LogP contribution in [-0.4, -0.2) is 24.5 Å². The van der Waals surface area contributed by atoms with Gasteiger partial charge in [-0.25, -0.2) is 4.39 Å². The summed E-state index contributed by atoms with van der Waals surface area (Å²) in [5.41, 5.74) is 1.37. The zero-order chi connectivity index (χ0) is 20.5. The van der Waals surface area contributed by atoms with Gasteiger partial charge in [-0.2, -0.15) is 13.2 Å². The van der Waals surface area contributed by atoms with Crippen molar-refractivity contribution >= 4 is 12.7 Å². The van der Waals surface area contributed by atoms with Gasteiger partial charge in [-0.3, -0.25) is 0 Å². The molecule has 2 nitrogen and oxygen atoms in total. The lowest BCUT2D eigenvalue weighted by Crippen LogP contribution is -2.41. The van der Waals surface area contributed by atoms with Gasteiger partial charge in [0.2, 0.25) is 0 Å². The maximum Gasteiger partial charge on any atom is 0.490 e. The number of rotatable bonds is 6. The van der Waals surface area contributed by atoms with Crippen LogP contribution in [0.15, 0.2) is 29.7 Å². The summed E-state index contributed by atoms with van der Waals surface area (Å²) in [5.74, 6) is -0.339. The van der Waals surface area contributed by atoms with Crippen molar-refractivity contribution in [2.75, 3.05) is 0 Å². The molecule has 0 aromatic heterocycles. The van der Waals surface area contributed by atoms with E-state index in [2.05, 4.69) is 0 Å². The molecule has 2 rings (SSSR count). The number of halogens is 4. The predicted molar refractivity (Wildman–Crippen MR) is 99.6 cm³/mol. The van der Waals surface area contributed by atoms with Crippen molar-refractivity contribution in [3.8, 4) is 0 Å². The lowest BCUT2D eigenvalue weighted by atomic mass is 9.71. The summed E-state index contributed by atoms with van der Waals surface area (Å²) < 4.78 is 62.8. The maximum absolute atomic E-state index is 13.2. The van der Waals surface area contributed by atoms with Gasteiger partial charge in [0.15, 0.2) is 0 Å². The first-order valence-electron chi connectivity index (χ1n) is 9.20. The number of benzene rings is 1. The Bertz CT molecular complexity index is 662. The molecule has 7 heteroatoms. The highest BCUT2D eigenvalue weighted by Gasteiger charge is 2.52. The molecule has 1 aliphatic rings. The molecule has 1 fully saturated rings. The molecule has 0 spiro atoms. The summed E-state index contributed by atoms with van der Waals surface area (Å²) in [6.45, 7) is 9.60. The predicted octanol–water partition coefficient (Wildman–Crippen LogP) is 6.35. The maximum atomic E-state index is 13.2. The smallest absolute Gasteiger partial charge is 0.400 e. The van der Waals surface area contributed by atoms with E-state index in [1.54, 1.807) is 12.1 Å². The molecular formula is C20H27BF4O2. The Morgan fingerprint density at radius 3 is 1.96 bits per heavy atom. The Hall–Kier alpha value is -1.34. The first-order chi connectivity index (χ1) is 12.3. The normalized spacial score (nSPS) is 20.0. The average Bonchev–Trinajstić information content (AvgIpc) is 2.74. The Morgan fingerprint density at radius 2 is 1.48 bits per heavy atom. The van der Waals surface area contributed by atoms with Crippen LogP contribution in [0, 0.1) is 5.82 Å². The van der Waals surface area contributed by atoms with Crippen LogP contribution in [-0.2, 0) is 9.31 Å². The van der Waals surface area contributed by atoms with Crippen LogP contribution in [0.25, 0.3) is 5.57 Å². The largest absolute Gasteiger partial charge is 0.490 e. The van der Waals surface area contributed by atoms with Gasteiger partial charge in [-0.05, 0) is 82.6 Å². The summed E-state index contributed by atoms with van der Waals surface area (Å²) in [4.78, 5) is 0. The van der Waals surface area contributed by atoms with Crippen LogP contribution in [0.1, 0.15) is 65.9 Å². The first kappa shape index (κ1) is 22.0. The topological polar surface area (TPSA) is 18.5 Å². The third-order valence-corrected chi connectivity index (χ3v) is 5.45. The Balaban J connectivity index is 2.26. The number of unbranched alkanes of at least 4 members (excludes halogenated alkanes) is 1. The zero-order valence-corrected chi connectivity index (χ0v) is 16.5. The minimum atomic E-state index is -4.15. The molecule has 27 heavy (non-hydrogen) atoms. The molecule has 0 N–H and O–H groups in total. The summed E-state index contributed by atoms with van der Waals surface area (Å²) in [6, 6.07) is 6.05. The highest BCUT2D eigenvalue weighted by atomic mass is 19.4. The molecule has 1 saturated heterocycles. The molecule has 0 aliphatic carbocycles. The standard InChI is InChI=1S/C20H27BF4O2/c1-14(15-9-11-16(22)12-10-15)17(8-6-7-13-20(23,24)25)21-26-18(2,3)19(4,5)27-21/h9-12H,6-8,13H2,1-5H3/b17-14-. The highest BCUT2D eigenvalue weighted by molar-refractivity contribution is 6.56. The van der Waals surface area contributed by atoms with Crippen LogP contribution < -0.4 is 0 Å². The number of hydrogen-bond donors (Lipinski definition) is 0. The van der Waals surface area contributed by atoms with E-state index in [-0.39, 0.29) is 12.2 Å². The molecule has 0 amide bonds. The van der Waals surface area contributed by atoms with Crippen LogP contribution in [0.3, 0.4) is 0 Å². The Morgan fingerprint density at radius 1 is 0.963 bits per heavy atom. The lowest BCUT2D eigenvalue weighted by molar-refractivity contribution is -0.135. The van der Waals surface area contributed by atoms with Crippen LogP contribution in [0.2, 0.25) is 0 Å². The molecule has 150 valence electrons. The van der Waals surface area contributed by atoms with E-state index >= 15 is 0 Å². The third kappa shape index (κ3) is 5.58. The minimum Gasteiger partial charge on any atom is -0.400 e. The summed E-state index contributed by atoms with van der Waals surface area (Å²) >= 11 is 0. The molecule has 0 unspecified atom stereocenters. The van der Waals surface area contributed by atoms with Crippen LogP contribution in [0.4, 0.5) is 17.6 Å². The lowest BCUT2D eigenvalue weighted by Gasteiger charge is -2.32. The SMILES string of the molecule is C/C(=C(\CCCCC(F)(F)F)B1OC(C)(C)C(C)(C)O1)c1ccc(F)cc1. The number of allylic oxidation sites excluding steroid dienone is 2. The van der Waals surface area contributed by atoms with Gasteiger partial charge < -0.3 is 9.31 Å². The molecule has 1 aromatic carbocycles. The zero-order valence-electron chi connectivity index (χ0n) is 16.5. The quantitative estimate of drug-likeness (QED) is 0.322. The van der Waals surface area contributed by atoms with E-state index in [0.717, 1.165) is 16.6 Å². The van der Waals surface area contributed by atoms with Crippen molar-refractivity contribution in [1.29, 1.82) is 0 Å². The van der Waals surface area contributed by atoms with E-state index in [1.807, 2.05) is 34.6 Å². The van der Waals surface area contributed by atoms with E-state index in [4.69, 9.17) is 9.31 Å². The first-order valence-corrected chi connectivity index (χ1v) is 9.20. The van der Waals surface area contributed by atoms with E-state index in [1.165, 1.54) is 12.1 Å². The van der Waals surface area contributed by atoms with Crippen molar-refractivity contribution in [2.45, 2.75) is 77.7 Å². The van der Waals surface area contributed by atoms with Crippen LogP contribution >= 0.6 is 0 Å². The van der Waals surface area contributed by atoms with Gasteiger partial charge >= 0.3 is 13.3 Å². The average molecular weight is 386 g/mol. The van der Waals surface area contributed by atoms with Gasteiger partial charge in [0, 0.05) is 6.42 Å². The van der Waals surface area contributed by atoms with Crippen molar-refractivity contribution < 1.29 is 26.9 Å². The van der Waals surface area contributed by atoms with Gasteiger partial charge in [0.05, 0.1) is 11.2 Å². The van der Waals surface area contributed by atoms with Gasteiger partial charge in [0.25, 0.3) is 0 Å². The summed E-state index contributed by atoms with van der Waals surface area (Å²) in [7, 11) is -0.633. The molecule has 0 radical (unpaired) electrons. The van der Waals surface area contributed by atoms with Crippen molar-refractivity contribution in [3.05, 3.63) is 41.1 Å². The third-order valence-electron chi connectivity index (χ3n) is 5.45. The molecule has 0 saturated carbocycles. The minimum absolute atomic E-state index is 0.0448. The fraction of sp³-hybridized carbons (Fsp3) is 0.600. The number of hydrogen-bond acceptors (Lipinski definition) is 2.